The van der Waals surface area contributed by atoms with Gasteiger partial charge in [0.15, 0.2) is 0 Å². The zero-order valence-corrected chi connectivity index (χ0v) is 12.3. The third kappa shape index (κ3) is 3.67. The summed E-state index contributed by atoms with van der Waals surface area (Å²) in [5, 5.41) is 0. The van der Waals surface area contributed by atoms with Gasteiger partial charge in [-0.2, -0.15) is 0 Å². The molecule has 2 aromatic rings. The van der Waals surface area contributed by atoms with E-state index in [0.29, 0.717) is 12.8 Å². The SMILES string of the molecule is COc1ccccc1CC(=O)Cc1ccccc1Br. The van der Waals surface area contributed by atoms with Gasteiger partial charge in [-0.25, -0.2) is 0 Å². The zero-order valence-electron chi connectivity index (χ0n) is 10.7. The number of para-hydroxylation sites is 1. The molecule has 0 amide bonds. The molecule has 0 unspecified atom stereocenters. The van der Waals surface area contributed by atoms with Crippen molar-refractivity contribution in [2.45, 2.75) is 12.8 Å². The van der Waals surface area contributed by atoms with Crippen LogP contribution in [0, 0.1) is 0 Å². The predicted octanol–water partition coefficient (Wildman–Crippen LogP) is 3.81. The van der Waals surface area contributed by atoms with Gasteiger partial charge in [0.25, 0.3) is 0 Å². The summed E-state index contributed by atoms with van der Waals surface area (Å²) >= 11 is 3.46. The molecule has 3 heteroatoms. The molecule has 0 atom stereocenters. The maximum atomic E-state index is 12.1. The molecule has 0 aliphatic rings. The highest BCUT2D eigenvalue weighted by Crippen LogP contribution is 2.20. The van der Waals surface area contributed by atoms with Gasteiger partial charge in [-0.3, -0.25) is 4.79 Å². The van der Waals surface area contributed by atoms with Gasteiger partial charge in [0.05, 0.1) is 7.11 Å². The van der Waals surface area contributed by atoms with Crippen molar-refractivity contribution in [3.63, 3.8) is 0 Å². The Labute approximate surface area is 121 Å². The Morgan fingerprint density at radius 2 is 1.58 bits per heavy atom. The molecule has 0 spiro atoms. The Morgan fingerprint density at radius 1 is 1.00 bits per heavy atom. The van der Waals surface area contributed by atoms with Gasteiger partial charge in [-0.1, -0.05) is 52.3 Å². The van der Waals surface area contributed by atoms with E-state index in [-0.39, 0.29) is 5.78 Å². The molecular weight excluding hydrogens is 304 g/mol. The average Bonchev–Trinajstić information content (AvgIpc) is 2.42. The fraction of sp³-hybridized carbons (Fsp3) is 0.188. The number of Topliss-reactive ketones (excluding diaryl/α,β-unsaturated/α-hetero) is 1. The number of hydrogen-bond donors (Lipinski definition) is 0. The molecule has 0 aliphatic carbocycles. The first kappa shape index (κ1) is 13.8. The minimum absolute atomic E-state index is 0.177. The van der Waals surface area contributed by atoms with Crippen LogP contribution in [0.4, 0.5) is 0 Å². The lowest BCUT2D eigenvalue weighted by Crippen LogP contribution is -2.08. The van der Waals surface area contributed by atoms with Gasteiger partial charge in [-0.15, -0.1) is 0 Å². The van der Waals surface area contributed by atoms with Crippen molar-refractivity contribution < 1.29 is 9.53 Å². The quantitative estimate of drug-likeness (QED) is 0.838. The summed E-state index contributed by atoms with van der Waals surface area (Å²) < 4.78 is 6.23. The number of ether oxygens (including phenoxy) is 1. The average molecular weight is 319 g/mol. The smallest absolute Gasteiger partial charge is 0.141 e. The van der Waals surface area contributed by atoms with E-state index in [1.807, 2.05) is 48.5 Å². The standard InChI is InChI=1S/C16H15BrO2/c1-19-16-9-5-3-7-13(16)11-14(18)10-12-6-2-4-8-15(12)17/h2-9H,10-11H2,1H3. The maximum Gasteiger partial charge on any atom is 0.141 e. The number of carbonyl (C=O) groups excluding carboxylic acids is 1. The van der Waals surface area contributed by atoms with Gasteiger partial charge >= 0.3 is 0 Å². The second kappa shape index (κ2) is 6.53. The monoisotopic (exact) mass is 318 g/mol. The van der Waals surface area contributed by atoms with Crippen LogP contribution in [0.5, 0.6) is 5.75 Å². The van der Waals surface area contributed by atoms with Gasteiger partial charge in [0, 0.05) is 22.9 Å². The van der Waals surface area contributed by atoms with E-state index in [2.05, 4.69) is 15.9 Å². The Balaban J connectivity index is 2.08. The van der Waals surface area contributed by atoms with E-state index in [1.165, 1.54) is 0 Å². The van der Waals surface area contributed by atoms with Crippen molar-refractivity contribution in [1.29, 1.82) is 0 Å². The van der Waals surface area contributed by atoms with Crippen LogP contribution >= 0.6 is 15.9 Å². The van der Waals surface area contributed by atoms with Crippen molar-refractivity contribution >= 4 is 21.7 Å². The van der Waals surface area contributed by atoms with Crippen LogP contribution < -0.4 is 4.74 Å². The van der Waals surface area contributed by atoms with E-state index in [4.69, 9.17) is 4.74 Å². The van der Waals surface area contributed by atoms with Gasteiger partial charge in [0.2, 0.25) is 0 Å². The van der Waals surface area contributed by atoms with Crippen molar-refractivity contribution in [2.75, 3.05) is 7.11 Å². The molecule has 0 fully saturated rings. The molecule has 0 N–H and O–H groups in total. The molecule has 0 saturated carbocycles. The molecule has 0 aliphatic heterocycles. The van der Waals surface area contributed by atoms with Gasteiger partial charge in [0.1, 0.15) is 11.5 Å². The van der Waals surface area contributed by atoms with Crippen LogP contribution in [-0.2, 0) is 17.6 Å². The molecule has 19 heavy (non-hydrogen) atoms. The number of methoxy groups -OCH3 is 1. The maximum absolute atomic E-state index is 12.1. The Morgan fingerprint density at radius 3 is 2.26 bits per heavy atom. The van der Waals surface area contributed by atoms with Crippen LogP contribution in [0.15, 0.2) is 53.0 Å². The Hall–Kier alpha value is -1.61. The molecular formula is C16H15BrO2. The summed E-state index contributed by atoms with van der Waals surface area (Å²) in [6.07, 6.45) is 0.824. The third-order valence-corrected chi connectivity index (χ3v) is 3.70. The van der Waals surface area contributed by atoms with Crippen LogP contribution in [0.2, 0.25) is 0 Å². The Bertz CT molecular complexity index is 578. The zero-order chi connectivity index (χ0) is 13.7. The number of hydrogen-bond acceptors (Lipinski definition) is 2. The fourth-order valence-corrected chi connectivity index (χ4v) is 2.40. The van der Waals surface area contributed by atoms with Crippen molar-refractivity contribution in [1.82, 2.24) is 0 Å². The van der Waals surface area contributed by atoms with E-state index in [9.17, 15) is 4.79 Å². The second-order valence-corrected chi connectivity index (χ2v) is 5.15. The summed E-state index contributed by atoms with van der Waals surface area (Å²) in [5.74, 6) is 0.944. The first-order valence-corrected chi connectivity index (χ1v) is 6.87. The molecule has 2 nitrogen and oxygen atoms in total. The van der Waals surface area contributed by atoms with Crippen LogP contribution in [0.25, 0.3) is 0 Å². The van der Waals surface area contributed by atoms with E-state index in [0.717, 1.165) is 21.3 Å². The lowest BCUT2D eigenvalue weighted by molar-refractivity contribution is -0.117. The fourth-order valence-electron chi connectivity index (χ4n) is 1.98. The molecule has 0 bridgehead atoms. The number of halogens is 1. The van der Waals surface area contributed by atoms with Gasteiger partial charge < -0.3 is 4.74 Å². The van der Waals surface area contributed by atoms with E-state index < -0.39 is 0 Å². The lowest BCUT2D eigenvalue weighted by atomic mass is 10.0. The van der Waals surface area contributed by atoms with E-state index in [1.54, 1.807) is 7.11 Å². The molecule has 2 rings (SSSR count). The number of benzene rings is 2. The summed E-state index contributed by atoms with van der Waals surface area (Å²) in [7, 11) is 1.62. The number of rotatable bonds is 5. The second-order valence-electron chi connectivity index (χ2n) is 4.30. The first-order valence-electron chi connectivity index (χ1n) is 6.07. The highest BCUT2D eigenvalue weighted by Gasteiger charge is 2.10. The normalized spacial score (nSPS) is 10.2. The summed E-state index contributed by atoms with van der Waals surface area (Å²) in [4.78, 5) is 12.1. The van der Waals surface area contributed by atoms with Gasteiger partial charge in [-0.05, 0) is 17.7 Å². The molecule has 98 valence electrons. The molecule has 0 aromatic heterocycles. The molecule has 0 heterocycles. The highest BCUT2D eigenvalue weighted by molar-refractivity contribution is 9.10. The molecule has 2 aromatic carbocycles. The van der Waals surface area contributed by atoms with E-state index >= 15 is 0 Å². The third-order valence-electron chi connectivity index (χ3n) is 2.93. The first-order chi connectivity index (χ1) is 9.20. The summed E-state index contributed by atoms with van der Waals surface area (Å²) in [6, 6.07) is 15.4. The molecule has 0 saturated heterocycles. The van der Waals surface area contributed by atoms with Crippen LogP contribution in [0.1, 0.15) is 11.1 Å². The topological polar surface area (TPSA) is 26.3 Å². The van der Waals surface area contributed by atoms with Crippen molar-refractivity contribution in [3.8, 4) is 5.75 Å². The number of carbonyl (C=O) groups is 1. The minimum Gasteiger partial charge on any atom is -0.496 e. The lowest BCUT2D eigenvalue weighted by Gasteiger charge is -2.08. The predicted molar refractivity (Wildman–Crippen MR) is 79.6 cm³/mol. The minimum atomic E-state index is 0.177. The number of ketones is 1. The highest BCUT2D eigenvalue weighted by atomic mass is 79.9. The Kier molecular flexibility index (Phi) is 4.74. The van der Waals surface area contributed by atoms with Crippen LogP contribution in [0.3, 0.4) is 0 Å². The van der Waals surface area contributed by atoms with Crippen LogP contribution in [-0.4, -0.2) is 12.9 Å². The molecule has 0 radical (unpaired) electrons. The van der Waals surface area contributed by atoms with Crippen molar-refractivity contribution in [2.24, 2.45) is 0 Å². The summed E-state index contributed by atoms with van der Waals surface area (Å²) in [6.45, 7) is 0. The van der Waals surface area contributed by atoms with Crippen molar-refractivity contribution in [3.05, 3.63) is 64.1 Å². The largest absolute Gasteiger partial charge is 0.496 e. The summed E-state index contributed by atoms with van der Waals surface area (Å²) in [5.41, 5.74) is 1.95.